The first-order chi connectivity index (χ1) is 7.44. The van der Waals surface area contributed by atoms with Crippen LogP contribution in [0.5, 0.6) is 0 Å². The molecule has 1 aromatic heterocycles. The minimum atomic E-state index is -3.51. The van der Waals surface area contributed by atoms with E-state index in [4.69, 9.17) is 0 Å². The van der Waals surface area contributed by atoms with Crippen molar-refractivity contribution in [1.29, 1.82) is 0 Å². The molecule has 4 nitrogen and oxygen atoms in total. The van der Waals surface area contributed by atoms with Gasteiger partial charge in [-0.25, -0.2) is 13.1 Å². The maximum Gasteiger partial charge on any atom is 0.274 e. The van der Waals surface area contributed by atoms with E-state index < -0.39 is 15.9 Å². The van der Waals surface area contributed by atoms with Crippen LogP contribution in [-0.2, 0) is 10.0 Å². The van der Waals surface area contributed by atoms with Gasteiger partial charge in [-0.3, -0.25) is 4.79 Å². The summed E-state index contributed by atoms with van der Waals surface area (Å²) in [5.74, 6) is -0.507. The molecule has 0 aromatic carbocycles. The molecule has 1 amide bonds. The minimum absolute atomic E-state index is 0.0133. The molecule has 0 aliphatic carbocycles. The largest absolute Gasteiger partial charge is 0.274 e. The summed E-state index contributed by atoms with van der Waals surface area (Å²) in [5, 5.41) is 1.73. The SMILES string of the molecule is CCC(C)CS(=O)(=O)NC(=O)c1cccs1. The Morgan fingerprint density at radius 2 is 2.25 bits per heavy atom. The quantitative estimate of drug-likeness (QED) is 0.880. The molecule has 1 rings (SSSR count). The first kappa shape index (κ1) is 13.2. The summed E-state index contributed by atoms with van der Waals surface area (Å²) in [6.07, 6.45) is 0.772. The van der Waals surface area contributed by atoms with E-state index in [1.807, 2.05) is 13.8 Å². The molecule has 1 atom stereocenters. The molecular weight excluding hydrogens is 246 g/mol. The lowest BCUT2D eigenvalue weighted by Gasteiger charge is -2.09. The van der Waals surface area contributed by atoms with Gasteiger partial charge >= 0.3 is 0 Å². The lowest BCUT2D eigenvalue weighted by Crippen LogP contribution is -2.33. The molecule has 1 N–H and O–H groups in total. The van der Waals surface area contributed by atoms with Crippen LogP contribution in [0, 0.1) is 5.92 Å². The molecule has 0 saturated carbocycles. The summed E-state index contributed by atoms with van der Waals surface area (Å²) in [7, 11) is -3.51. The van der Waals surface area contributed by atoms with Crippen LogP contribution in [0.3, 0.4) is 0 Å². The molecule has 6 heteroatoms. The van der Waals surface area contributed by atoms with E-state index in [9.17, 15) is 13.2 Å². The van der Waals surface area contributed by atoms with Crippen LogP contribution in [0.1, 0.15) is 29.9 Å². The van der Waals surface area contributed by atoms with Crippen LogP contribution in [0.4, 0.5) is 0 Å². The Bertz CT molecular complexity index is 437. The van der Waals surface area contributed by atoms with Crippen LogP contribution in [0.25, 0.3) is 0 Å². The maximum atomic E-state index is 11.6. The van der Waals surface area contributed by atoms with Gasteiger partial charge in [0, 0.05) is 0 Å². The van der Waals surface area contributed by atoms with Crippen molar-refractivity contribution in [2.24, 2.45) is 5.92 Å². The molecule has 0 radical (unpaired) electrons. The van der Waals surface area contributed by atoms with Crippen molar-refractivity contribution < 1.29 is 13.2 Å². The van der Waals surface area contributed by atoms with Gasteiger partial charge in [0.15, 0.2) is 0 Å². The molecular formula is C10H15NO3S2. The Hall–Kier alpha value is -0.880. The summed E-state index contributed by atoms with van der Waals surface area (Å²) in [6.45, 7) is 3.76. The normalized spacial score (nSPS) is 13.4. The average molecular weight is 261 g/mol. The van der Waals surface area contributed by atoms with E-state index in [1.165, 1.54) is 11.3 Å². The van der Waals surface area contributed by atoms with E-state index >= 15 is 0 Å². The molecule has 16 heavy (non-hydrogen) atoms. The molecule has 0 bridgehead atoms. The standard InChI is InChI=1S/C10H15NO3S2/c1-3-8(2)7-16(13,14)11-10(12)9-5-4-6-15-9/h4-6,8H,3,7H2,1-2H3,(H,11,12). The molecule has 0 aliphatic rings. The number of carbonyl (C=O) groups excluding carboxylic acids is 1. The van der Waals surface area contributed by atoms with E-state index in [0.29, 0.717) is 4.88 Å². The van der Waals surface area contributed by atoms with Crippen molar-refractivity contribution in [2.75, 3.05) is 5.75 Å². The number of hydrogen-bond acceptors (Lipinski definition) is 4. The fourth-order valence-electron chi connectivity index (χ4n) is 1.13. The fourth-order valence-corrected chi connectivity index (χ4v) is 3.28. The average Bonchev–Trinajstić information content (AvgIpc) is 2.68. The van der Waals surface area contributed by atoms with Crippen molar-refractivity contribution in [3.8, 4) is 0 Å². The van der Waals surface area contributed by atoms with Crippen molar-refractivity contribution in [2.45, 2.75) is 20.3 Å². The zero-order valence-electron chi connectivity index (χ0n) is 9.26. The number of carbonyl (C=O) groups is 1. The van der Waals surface area contributed by atoms with E-state index in [1.54, 1.807) is 17.5 Å². The highest BCUT2D eigenvalue weighted by molar-refractivity contribution is 7.90. The lowest BCUT2D eigenvalue weighted by atomic mass is 10.2. The number of amides is 1. The summed E-state index contributed by atoms with van der Waals surface area (Å²) in [6, 6.07) is 3.31. The Morgan fingerprint density at radius 3 is 2.75 bits per heavy atom. The minimum Gasteiger partial charge on any atom is -0.267 e. The Balaban J connectivity index is 2.63. The van der Waals surface area contributed by atoms with Crippen molar-refractivity contribution in [3.05, 3.63) is 22.4 Å². The summed E-state index contributed by atoms with van der Waals surface area (Å²) < 4.78 is 25.2. The van der Waals surface area contributed by atoms with E-state index in [-0.39, 0.29) is 11.7 Å². The lowest BCUT2D eigenvalue weighted by molar-refractivity contribution is 0.0985. The number of hydrogen-bond donors (Lipinski definition) is 1. The van der Waals surface area contributed by atoms with Crippen molar-refractivity contribution in [1.82, 2.24) is 4.72 Å². The fraction of sp³-hybridized carbons (Fsp3) is 0.500. The van der Waals surface area contributed by atoms with Crippen LogP contribution in [0.2, 0.25) is 0 Å². The Kier molecular flexibility index (Phi) is 4.49. The summed E-state index contributed by atoms with van der Waals surface area (Å²) in [4.78, 5) is 11.9. The number of rotatable bonds is 5. The van der Waals surface area contributed by atoms with Crippen LogP contribution < -0.4 is 4.72 Å². The molecule has 1 unspecified atom stereocenters. The van der Waals surface area contributed by atoms with Gasteiger partial charge in [-0.2, -0.15) is 0 Å². The van der Waals surface area contributed by atoms with Gasteiger partial charge < -0.3 is 0 Å². The highest BCUT2D eigenvalue weighted by Crippen LogP contribution is 2.09. The first-order valence-electron chi connectivity index (χ1n) is 5.03. The maximum absolute atomic E-state index is 11.6. The first-order valence-corrected chi connectivity index (χ1v) is 7.56. The number of nitrogens with one attached hydrogen (secondary N) is 1. The summed E-state index contributed by atoms with van der Waals surface area (Å²) in [5.41, 5.74) is 0. The van der Waals surface area contributed by atoms with E-state index in [2.05, 4.69) is 4.72 Å². The molecule has 0 fully saturated rings. The predicted octanol–water partition coefficient (Wildman–Crippen LogP) is 1.85. The van der Waals surface area contributed by atoms with Crippen LogP contribution in [-0.4, -0.2) is 20.1 Å². The third kappa shape index (κ3) is 3.94. The van der Waals surface area contributed by atoms with Crippen LogP contribution in [0.15, 0.2) is 17.5 Å². The van der Waals surface area contributed by atoms with Crippen molar-refractivity contribution in [3.63, 3.8) is 0 Å². The van der Waals surface area contributed by atoms with Gasteiger partial charge in [0.2, 0.25) is 10.0 Å². The van der Waals surface area contributed by atoms with Gasteiger partial charge in [0.05, 0.1) is 10.6 Å². The van der Waals surface area contributed by atoms with Gasteiger partial charge in [0.25, 0.3) is 5.91 Å². The van der Waals surface area contributed by atoms with E-state index in [0.717, 1.165) is 6.42 Å². The monoisotopic (exact) mass is 261 g/mol. The number of sulfonamides is 1. The van der Waals surface area contributed by atoms with Gasteiger partial charge in [-0.1, -0.05) is 26.3 Å². The van der Waals surface area contributed by atoms with Crippen molar-refractivity contribution >= 4 is 27.3 Å². The zero-order chi connectivity index (χ0) is 12.2. The zero-order valence-corrected chi connectivity index (χ0v) is 10.9. The second-order valence-electron chi connectivity index (χ2n) is 3.70. The van der Waals surface area contributed by atoms with Gasteiger partial charge in [-0.15, -0.1) is 11.3 Å². The second kappa shape index (κ2) is 5.45. The van der Waals surface area contributed by atoms with Gasteiger partial charge in [0.1, 0.15) is 0 Å². The molecule has 90 valence electrons. The molecule has 0 aliphatic heterocycles. The van der Waals surface area contributed by atoms with Gasteiger partial charge in [-0.05, 0) is 17.4 Å². The highest BCUT2D eigenvalue weighted by atomic mass is 32.2. The second-order valence-corrected chi connectivity index (χ2v) is 6.42. The Labute approximate surface area is 99.7 Å². The topological polar surface area (TPSA) is 63.2 Å². The molecule has 0 spiro atoms. The highest BCUT2D eigenvalue weighted by Gasteiger charge is 2.18. The third-order valence-corrected chi connectivity index (χ3v) is 4.57. The summed E-state index contributed by atoms with van der Waals surface area (Å²) >= 11 is 1.22. The Morgan fingerprint density at radius 1 is 1.56 bits per heavy atom. The smallest absolute Gasteiger partial charge is 0.267 e. The molecule has 1 heterocycles. The molecule has 1 aromatic rings. The van der Waals surface area contributed by atoms with Crippen LogP contribution >= 0.6 is 11.3 Å². The third-order valence-electron chi connectivity index (χ3n) is 2.19. The predicted molar refractivity (Wildman–Crippen MR) is 65.0 cm³/mol. The number of thiophene rings is 1. The molecule has 0 saturated heterocycles.